The molecular formula is C14H17N3. The molecular weight excluding hydrogens is 210 g/mol. The number of nitrogens with one attached hydrogen (secondary N) is 1. The number of benzene rings is 1. The van der Waals surface area contributed by atoms with E-state index in [0.29, 0.717) is 6.54 Å². The van der Waals surface area contributed by atoms with Gasteiger partial charge in [-0.25, -0.2) is 4.98 Å². The molecule has 1 aromatic heterocycles. The number of aryl methyl sites for hydroxylation is 1. The molecule has 2 aromatic rings. The Kier molecular flexibility index (Phi) is 3.73. The van der Waals surface area contributed by atoms with Crippen LogP contribution in [-0.2, 0) is 13.1 Å². The van der Waals surface area contributed by atoms with Gasteiger partial charge in [-0.2, -0.15) is 0 Å². The first-order valence-corrected chi connectivity index (χ1v) is 5.73. The zero-order valence-corrected chi connectivity index (χ0v) is 9.98. The van der Waals surface area contributed by atoms with Gasteiger partial charge in [-0.1, -0.05) is 30.3 Å². The summed E-state index contributed by atoms with van der Waals surface area (Å²) in [6, 6.07) is 12.3. The summed E-state index contributed by atoms with van der Waals surface area (Å²) in [7, 11) is 0. The Bertz CT molecular complexity index is 477. The number of hydrogen-bond donors (Lipinski definition) is 2. The van der Waals surface area contributed by atoms with Crippen molar-refractivity contribution in [2.45, 2.75) is 20.0 Å². The van der Waals surface area contributed by atoms with E-state index >= 15 is 0 Å². The molecule has 1 heterocycles. The lowest BCUT2D eigenvalue weighted by molar-refractivity contribution is 1.05. The summed E-state index contributed by atoms with van der Waals surface area (Å²) in [5.41, 5.74) is 9.10. The lowest BCUT2D eigenvalue weighted by atomic mass is 10.1. The minimum atomic E-state index is 0.590. The van der Waals surface area contributed by atoms with E-state index in [-0.39, 0.29) is 0 Å². The Morgan fingerprint density at radius 1 is 1.12 bits per heavy atom. The van der Waals surface area contributed by atoms with Crippen LogP contribution in [0.5, 0.6) is 0 Å². The van der Waals surface area contributed by atoms with Gasteiger partial charge >= 0.3 is 0 Å². The lowest BCUT2D eigenvalue weighted by Gasteiger charge is -2.08. The van der Waals surface area contributed by atoms with Crippen LogP contribution in [0.3, 0.4) is 0 Å². The van der Waals surface area contributed by atoms with Crippen LogP contribution in [0.2, 0.25) is 0 Å². The fourth-order valence-electron chi connectivity index (χ4n) is 1.65. The summed E-state index contributed by atoms with van der Waals surface area (Å²) >= 11 is 0. The highest BCUT2D eigenvalue weighted by Gasteiger charge is 1.98. The number of aromatic nitrogens is 1. The van der Waals surface area contributed by atoms with Crippen LogP contribution in [0.25, 0.3) is 0 Å². The molecule has 3 nitrogen and oxygen atoms in total. The van der Waals surface area contributed by atoms with Gasteiger partial charge in [0.1, 0.15) is 5.82 Å². The molecule has 3 N–H and O–H groups in total. The molecule has 0 bridgehead atoms. The number of rotatable bonds is 4. The van der Waals surface area contributed by atoms with E-state index < -0.39 is 0 Å². The molecule has 1 aromatic carbocycles. The summed E-state index contributed by atoms with van der Waals surface area (Å²) in [5.74, 6) is 0.940. The van der Waals surface area contributed by atoms with E-state index in [4.69, 9.17) is 5.73 Å². The minimum absolute atomic E-state index is 0.590. The molecule has 88 valence electrons. The van der Waals surface area contributed by atoms with E-state index in [0.717, 1.165) is 23.5 Å². The SMILES string of the molecule is Cc1cccnc1NCc1ccc(CN)cc1. The monoisotopic (exact) mass is 227 g/mol. The third-order valence-electron chi connectivity index (χ3n) is 2.73. The second-order valence-corrected chi connectivity index (χ2v) is 4.04. The number of nitrogens with zero attached hydrogens (tertiary/aromatic N) is 1. The van der Waals surface area contributed by atoms with Crippen LogP contribution in [-0.4, -0.2) is 4.98 Å². The lowest BCUT2D eigenvalue weighted by Crippen LogP contribution is -2.03. The first kappa shape index (κ1) is 11.6. The average molecular weight is 227 g/mol. The van der Waals surface area contributed by atoms with Crippen LogP contribution < -0.4 is 11.1 Å². The minimum Gasteiger partial charge on any atom is -0.366 e. The van der Waals surface area contributed by atoms with Crippen LogP contribution in [0.4, 0.5) is 5.82 Å². The maximum absolute atomic E-state index is 5.56. The number of nitrogens with two attached hydrogens (primary N) is 1. The molecule has 0 fully saturated rings. The Hall–Kier alpha value is -1.87. The van der Waals surface area contributed by atoms with E-state index in [1.54, 1.807) is 6.20 Å². The van der Waals surface area contributed by atoms with Crippen molar-refractivity contribution in [2.75, 3.05) is 5.32 Å². The standard InChI is InChI=1S/C14H17N3/c1-11-3-2-8-16-14(11)17-10-13-6-4-12(9-15)5-7-13/h2-8H,9-10,15H2,1H3,(H,16,17). The smallest absolute Gasteiger partial charge is 0.129 e. The zero-order chi connectivity index (χ0) is 12.1. The van der Waals surface area contributed by atoms with Gasteiger partial charge in [0.05, 0.1) is 0 Å². The molecule has 0 radical (unpaired) electrons. The third-order valence-corrected chi connectivity index (χ3v) is 2.73. The molecule has 0 atom stereocenters. The van der Waals surface area contributed by atoms with Gasteiger partial charge in [0, 0.05) is 19.3 Å². The Morgan fingerprint density at radius 3 is 2.47 bits per heavy atom. The average Bonchev–Trinajstić information content (AvgIpc) is 2.38. The van der Waals surface area contributed by atoms with E-state index in [1.165, 1.54) is 5.56 Å². The van der Waals surface area contributed by atoms with Gasteiger partial charge in [0.25, 0.3) is 0 Å². The second kappa shape index (κ2) is 5.46. The van der Waals surface area contributed by atoms with Crippen molar-refractivity contribution < 1.29 is 0 Å². The van der Waals surface area contributed by atoms with Crippen molar-refractivity contribution in [3.8, 4) is 0 Å². The normalized spacial score (nSPS) is 10.2. The highest BCUT2D eigenvalue weighted by molar-refractivity contribution is 5.43. The second-order valence-electron chi connectivity index (χ2n) is 4.04. The molecule has 0 aliphatic rings. The zero-order valence-electron chi connectivity index (χ0n) is 9.98. The maximum atomic E-state index is 5.56. The fraction of sp³-hybridized carbons (Fsp3) is 0.214. The van der Waals surface area contributed by atoms with Gasteiger partial charge < -0.3 is 11.1 Å². The van der Waals surface area contributed by atoms with Crippen molar-refractivity contribution in [1.29, 1.82) is 0 Å². The summed E-state index contributed by atoms with van der Waals surface area (Å²) in [6.45, 7) is 3.42. The first-order valence-electron chi connectivity index (χ1n) is 5.73. The Labute approximate surface area is 102 Å². The van der Waals surface area contributed by atoms with Crippen molar-refractivity contribution in [1.82, 2.24) is 4.98 Å². The van der Waals surface area contributed by atoms with Crippen LogP contribution in [0.1, 0.15) is 16.7 Å². The molecule has 0 spiro atoms. The summed E-state index contributed by atoms with van der Waals surface area (Å²) < 4.78 is 0. The predicted octanol–water partition coefficient (Wildman–Crippen LogP) is 2.46. The largest absolute Gasteiger partial charge is 0.366 e. The van der Waals surface area contributed by atoms with E-state index in [9.17, 15) is 0 Å². The molecule has 3 heteroatoms. The molecule has 0 unspecified atom stereocenters. The van der Waals surface area contributed by atoms with E-state index in [2.05, 4.69) is 34.6 Å². The molecule has 0 saturated carbocycles. The molecule has 2 rings (SSSR count). The van der Waals surface area contributed by atoms with Crippen LogP contribution in [0, 0.1) is 6.92 Å². The van der Waals surface area contributed by atoms with Gasteiger partial charge in [-0.05, 0) is 29.7 Å². The fourth-order valence-corrected chi connectivity index (χ4v) is 1.65. The van der Waals surface area contributed by atoms with Crippen molar-refractivity contribution >= 4 is 5.82 Å². The van der Waals surface area contributed by atoms with Crippen molar-refractivity contribution in [3.05, 3.63) is 59.3 Å². The molecule has 0 aliphatic carbocycles. The number of anilines is 1. The molecule has 0 aliphatic heterocycles. The summed E-state index contributed by atoms with van der Waals surface area (Å²) in [5, 5.41) is 3.32. The highest BCUT2D eigenvalue weighted by Crippen LogP contribution is 2.11. The summed E-state index contributed by atoms with van der Waals surface area (Å²) in [6.07, 6.45) is 1.80. The van der Waals surface area contributed by atoms with E-state index in [1.807, 2.05) is 19.1 Å². The molecule has 17 heavy (non-hydrogen) atoms. The topological polar surface area (TPSA) is 50.9 Å². The third kappa shape index (κ3) is 3.04. The molecule has 0 saturated heterocycles. The summed E-state index contributed by atoms with van der Waals surface area (Å²) in [4.78, 5) is 4.30. The van der Waals surface area contributed by atoms with Crippen LogP contribution >= 0.6 is 0 Å². The van der Waals surface area contributed by atoms with Gasteiger partial charge in [-0.15, -0.1) is 0 Å². The first-order chi connectivity index (χ1) is 8.29. The van der Waals surface area contributed by atoms with Gasteiger partial charge in [-0.3, -0.25) is 0 Å². The van der Waals surface area contributed by atoms with Gasteiger partial charge in [0.2, 0.25) is 0 Å². The maximum Gasteiger partial charge on any atom is 0.129 e. The Morgan fingerprint density at radius 2 is 1.82 bits per heavy atom. The Balaban J connectivity index is 2.00. The van der Waals surface area contributed by atoms with Crippen molar-refractivity contribution in [2.24, 2.45) is 5.73 Å². The number of hydrogen-bond acceptors (Lipinski definition) is 3. The predicted molar refractivity (Wildman–Crippen MR) is 70.6 cm³/mol. The number of pyridine rings is 1. The highest BCUT2D eigenvalue weighted by atomic mass is 15.0. The van der Waals surface area contributed by atoms with Crippen molar-refractivity contribution in [3.63, 3.8) is 0 Å². The molecule has 0 amide bonds. The van der Waals surface area contributed by atoms with Crippen LogP contribution in [0.15, 0.2) is 42.6 Å². The van der Waals surface area contributed by atoms with Gasteiger partial charge in [0.15, 0.2) is 0 Å². The quantitative estimate of drug-likeness (QED) is 0.843.